The molecule has 0 saturated carbocycles. The first-order valence-corrected chi connectivity index (χ1v) is 7.20. The lowest BCUT2D eigenvalue weighted by molar-refractivity contribution is -0.141. The molecule has 1 rings (SSSR count). The molecule has 1 atom stereocenters. The highest BCUT2D eigenvalue weighted by atomic mass is 35.5. The van der Waals surface area contributed by atoms with Gasteiger partial charge in [-0.3, -0.25) is 4.79 Å². The second kappa shape index (κ2) is 7.88. The zero-order valence-corrected chi connectivity index (χ0v) is 13.3. The number of benzene rings is 1. The van der Waals surface area contributed by atoms with Crippen LogP contribution in [0.2, 0.25) is 5.02 Å². The molecule has 0 heterocycles. The molecule has 0 fully saturated rings. The normalized spacial score (nSPS) is 11.8. The highest BCUT2D eigenvalue weighted by Gasteiger charge is 2.21. The highest BCUT2D eigenvalue weighted by molar-refractivity contribution is 6.30. The molecule has 0 aliphatic rings. The molecule has 0 spiro atoms. The van der Waals surface area contributed by atoms with Gasteiger partial charge in [0, 0.05) is 31.7 Å². The van der Waals surface area contributed by atoms with Crippen molar-refractivity contribution in [1.82, 2.24) is 9.80 Å². The van der Waals surface area contributed by atoms with Gasteiger partial charge in [-0.05, 0) is 24.6 Å². The number of rotatable bonds is 6. The summed E-state index contributed by atoms with van der Waals surface area (Å²) in [6, 6.07) is 7.12. The molecule has 0 aromatic heterocycles. The van der Waals surface area contributed by atoms with E-state index in [-0.39, 0.29) is 12.6 Å². The van der Waals surface area contributed by atoms with Crippen LogP contribution in [0, 0.1) is 5.92 Å². The Morgan fingerprint density at radius 2 is 2.05 bits per heavy atom. The zero-order valence-electron chi connectivity index (χ0n) is 12.5. The minimum atomic E-state index is -0.904. The number of nitrogens with zero attached hydrogens (tertiary/aromatic N) is 2. The molecule has 0 radical (unpaired) electrons. The predicted octanol–water partition coefficient (Wildman–Crippen LogP) is 2.93. The third-order valence-corrected chi connectivity index (χ3v) is 3.44. The van der Waals surface area contributed by atoms with Crippen LogP contribution in [-0.2, 0) is 11.3 Å². The number of aliphatic carboxylic acids is 1. The Bertz CT molecular complexity index is 507. The van der Waals surface area contributed by atoms with Crippen LogP contribution in [0.15, 0.2) is 24.3 Å². The molecular weight excluding hydrogens is 292 g/mol. The van der Waals surface area contributed by atoms with Gasteiger partial charge in [0.05, 0.1) is 5.92 Å². The molecular formula is C15H21ClN2O3. The number of carboxylic acids is 1. The topological polar surface area (TPSA) is 60.9 Å². The predicted molar refractivity (Wildman–Crippen MR) is 82.4 cm³/mol. The number of carboxylic acid groups (broad SMARTS) is 1. The van der Waals surface area contributed by atoms with Crippen molar-refractivity contribution in [3.8, 4) is 0 Å². The van der Waals surface area contributed by atoms with Gasteiger partial charge in [0.15, 0.2) is 0 Å². The van der Waals surface area contributed by atoms with Crippen LogP contribution < -0.4 is 0 Å². The number of hydrogen-bond acceptors (Lipinski definition) is 2. The fourth-order valence-electron chi connectivity index (χ4n) is 1.97. The first kappa shape index (κ1) is 17.3. The van der Waals surface area contributed by atoms with E-state index in [0.29, 0.717) is 18.1 Å². The number of carbonyl (C=O) groups excluding carboxylic acids is 1. The van der Waals surface area contributed by atoms with Crippen LogP contribution in [-0.4, -0.2) is 47.0 Å². The van der Waals surface area contributed by atoms with Gasteiger partial charge in [-0.1, -0.05) is 30.7 Å². The van der Waals surface area contributed by atoms with Gasteiger partial charge in [0.25, 0.3) is 0 Å². The molecule has 1 N–H and O–H groups in total. The molecule has 0 aliphatic carbocycles. The summed E-state index contributed by atoms with van der Waals surface area (Å²) >= 11 is 5.92. The number of amides is 2. The zero-order chi connectivity index (χ0) is 16.0. The maximum Gasteiger partial charge on any atom is 0.320 e. The molecule has 21 heavy (non-hydrogen) atoms. The van der Waals surface area contributed by atoms with Crippen molar-refractivity contribution in [1.29, 1.82) is 0 Å². The van der Waals surface area contributed by atoms with Gasteiger partial charge >= 0.3 is 12.0 Å². The Balaban J connectivity index is 2.68. The third kappa shape index (κ3) is 5.27. The second-order valence-corrected chi connectivity index (χ2v) is 5.48. The first-order valence-electron chi connectivity index (χ1n) is 6.82. The van der Waals surface area contributed by atoms with E-state index >= 15 is 0 Å². The standard InChI is InChI=1S/C15H21ClN2O3/c1-4-18(9-11(2)14(19)20)15(21)17(3)10-12-6-5-7-13(16)8-12/h5-8,11H,4,9-10H2,1-3H3,(H,19,20). The van der Waals surface area contributed by atoms with E-state index in [1.807, 2.05) is 25.1 Å². The lowest BCUT2D eigenvalue weighted by atomic mass is 10.1. The van der Waals surface area contributed by atoms with Crippen LogP contribution in [0.1, 0.15) is 19.4 Å². The Kier molecular flexibility index (Phi) is 6.49. The molecule has 1 aromatic rings. The lowest BCUT2D eigenvalue weighted by Gasteiger charge is -2.28. The van der Waals surface area contributed by atoms with Crippen LogP contribution in [0.5, 0.6) is 0 Å². The average molecular weight is 313 g/mol. The largest absolute Gasteiger partial charge is 0.481 e. The highest BCUT2D eigenvalue weighted by Crippen LogP contribution is 2.13. The molecule has 1 unspecified atom stereocenters. The average Bonchev–Trinajstić information content (AvgIpc) is 2.43. The summed E-state index contributed by atoms with van der Waals surface area (Å²) in [5.74, 6) is -1.49. The number of halogens is 1. The van der Waals surface area contributed by atoms with Gasteiger partial charge in [-0.25, -0.2) is 4.79 Å². The lowest BCUT2D eigenvalue weighted by Crippen LogP contribution is -2.43. The first-order chi connectivity index (χ1) is 9.85. The van der Waals surface area contributed by atoms with E-state index in [1.165, 1.54) is 4.90 Å². The summed E-state index contributed by atoms with van der Waals surface area (Å²) in [5, 5.41) is 9.57. The van der Waals surface area contributed by atoms with E-state index in [9.17, 15) is 9.59 Å². The maximum atomic E-state index is 12.3. The van der Waals surface area contributed by atoms with Crippen LogP contribution >= 0.6 is 11.6 Å². The minimum Gasteiger partial charge on any atom is -0.481 e. The molecule has 5 nitrogen and oxygen atoms in total. The van der Waals surface area contributed by atoms with Crippen molar-refractivity contribution in [2.24, 2.45) is 5.92 Å². The van der Waals surface area contributed by atoms with E-state index in [2.05, 4.69) is 0 Å². The smallest absolute Gasteiger partial charge is 0.320 e. The molecule has 0 saturated heterocycles. The van der Waals surface area contributed by atoms with Gasteiger partial charge < -0.3 is 14.9 Å². The summed E-state index contributed by atoms with van der Waals surface area (Å²) in [6.07, 6.45) is 0. The number of carbonyl (C=O) groups is 2. The monoisotopic (exact) mass is 312 g/mol. The molecule has 0 aliphatic heterocycles. The van der Waals surface area contributed by atoms with Gasteiger partial charge in [-0.15, -0.1) is 0 Å². The Labute approximate surface area is 130 Å². The molecule has 2 amide bonds. The van der Waals surface area contributed by atoms with Gasteiger partial charge in [0.1, 0.15) is 0 Å². The van der Waals surface area contributed by atoms with E-state index in [1.54, 1.807) is 24.9 Å². The Morgan fingerprint density at radius 1 is 1.38 bits per heavy atom. The molecule has 0 bridgehead atoms. The van der Waals surface area contributed by atoms with E-state index in [0.717, 1.165) is 5.56 Å². The van der Waals surface area contributed by atoms with Crippen molar-refractivity contribution in [3.63, 3.8) is 0 Å². The molecule has 6 heteroatoms. The van der Waals surface area contributed by atoms with E-state index in [4.69, 9.17) is 16.7 Å². The fourth-order valence-corrected chi connectivity index (χ4v) is 2.18. The summed E-state index contributed by atoms with van der Waals surface area (Å²) in [5.41, 5.74) is 0.931. The van der Waals surface area contributed by atoms with Crippen LogP contribution in [0.4, 0.5) is 4.79 Å². The molecule has 116 valence electrons. The van der Waals surface area contributed by atoms with Crippen molar-refractivity contribution >= 4 is 23.6 Å². The minimum absolute atomic E-state index is 0.189. The Hall–Kier alpha value is -1.75. The van der Waals surface area contributed by atoms with E-state index < -0.39 is 11.9 Å². The van der Waals surface area contributed by atoms with Crippen LogP contribution in [0.25, 0.3) is 0 Å². The Morgan fingerprint density at radius 3 is 2.57 bits per heavy atom. The maximum absolute atomic E-state index is 12.3. The summed E-state index contributed by atoms with van der Waals surface area (Å²) in [7, 11) is 1.69. The fraction of sp³-hybridized carbons (Fsp3) is 0.467. The van der Waals surface area contributed by atoms with Crippen molar-refractivity contribution in [2.45, 2.75) is 20.4 Å². The van der Waals surface area contributed by atoms with Gasteiger partial charge in [0.2, 0.25) is 0 Å². The summed E-state index contributed by atoms with van der Waals surface area (Å²) in [6.45, 7) is 4.52. The number of hydrogen-bond donors (Lipinski definition) is 1. The SMILES string of the molecule is CCN(CC(C)C(=O)O)C(=O)N(C)Cc1cccc(Cl)c1. The second-order valence-electron chi connectivity index (χ2n) is 5.05. The number of urea groups is 1. The van der Waals surface area contributed by atoms with Crippen molar-refractivity contribution < 1.29 is 14.7 Å². The summed E-state index contributed by atoms with van der Waals surface area (Å²) in [4.78, 5) is 26.3. The quantitative estimate of drug-likeness (QED) is 0.878. The van der Waals surface area contributed by atoms with Crippen molar-refractivity contribution in [3.05, 3.63) is 34.9 Å². The summed E-state index contributed by atoms with van der Waals surface area (Å²) < 4.78 is 0. The third-order valence-electron chi connectivity index (χ3n) is 3.20. The van der Waals surface area contributed by atoms with Gasteiger partial charge in [-0.2, -0.15) is 0 Å². The molecule has 1 aromatic carbocycles. The van der Waals surface area contributed by atoms with Crippen molar-refractivity contribution in [2.75, 3.05) is 20.1 Å². The van der Waals surface area contributed by atoms with Crippen LogP contribution in [0.3, 0.4) is 0 Å².